The molecular weight excluding hydrogens is 180 g/mol. The highest BCUT2D eigenvalue weighted by Gasteiger charge is 2.06. The van der Waals surface area contributed by atoms with E-state index < -0.39 is 0 Å². The minimum Gasteiger partial charge on any atom is -0.431 e. The maximum absolute atomic E-state index is 10.8. The molecule has 0 saturated heterocycles. The molecule has 0 aromatic carbocycles. The molecule has 0 amide bonds. The maximum Gasteiger partial charge on any atom is 0.310 e. The van der Waals surface area contributed by atoms with Gasteiger partial charge in [0, 0.05) is 12.0 Å². The molecule has 0 aliphatic rings. The van der Waals surface area contributed by atoms with Gasteiger partial charge >= 0.3 is 5.97 Å². The minimum absolute atomic E-state index is 0.0728. The summed E-state index contributed by atoms with van der Waals surface area (Å²) >= 11 is 0. The lowest BCUT2D eigenvalue weighted by Crippen LogP contribution is -2.05. The minimum atomic E-state index is -0.312. The Morgan fingerprint density at radius 3 is 1.79 bits per heavy atom. The summed E-state index contributed by atoms with van der Waals surface area (Å²) in [7, 11) is 0. The van der Waals surface area contributed by atoms with Crippen molar-refractivity contribution in [2.24, 2.45) is 0 Å². The number of allylic oxidation sites excluding steroid dienone is 2. The quantitative estimate of drug-likeness (QED) is 0.399. The van der Waals surface area contributed by atoms with E-state index in [9.17, 15) is 9.59 Å². The first-order valence-corrected chi connectivity index (χ1v) is 4.88. The fourth-order valence-corrected chi connectivity index (χ4v) is 0.567. The van der Waals surface area contributed by atoms with E-state index in [1.54, 1.807) is 20.8 Å². The Hall–Kier alpha value is -1.12. The SMILES string of the molecule is CC.CCC(=O)O/C(C)=C(/C)C(C)=O. The number of rotatable bonds is 3. The topological polar surface area (TPSA) is 43.4 Å². The summed E-state index contributed by atoms with van der Waals surface area (Å²) in [4.78, 5) is 21.6. The smallest absolute Gasteiger partial charge is 0.310 e. The van der Waals surface area contributed by atoms with Gasteiger partial charge in [-0.2, -0.15) is 0 Å². The molecule has 0 aliphatic heterocycles. The zero-order valence-electron chi connectivity index (χ0n) is 9.93. The van der Waals surface area contributed by atoms with Crippen molar-refractivity contribution >= 4 is 11.8 Å². The molecule has 0 heterocycles. The van der Waals surface area contributed by atoms with Crippen molar-refractivity contribution in [1.29, 1.82) is 0 Å². The lowest BCUT2D eigenvalue weighted by atomic mass is 10.2. The molecule has 0 rings (SSSR count). The van der Waals surface area contributed by atoms with Crippen LogP contribution in [-0.2, 0) is 14.3 Å². The van der Waals surface area contributed by atoms with E-state index in [0.717, 1.165) is 0 Å². The van der Waals surface area contributed by atoms with Crippen LogP contribution >= 0.6 is 0 Å². The fraction of sp³-hybridized carbons (Fsp3) is 0.636. The van der Waals surface area contributed by atoms with Gasteiger partial charge in [-0.05, 0) is 20.8 Å². The highest BCUT2D eigenvalue weighted by molar-refractivity contribution is 5.93. The molecule has 0 radical (unpaired) electrons. The molecule has 0 unspecified atom stereocenters. The van der Waals surface area contributed by atoms with E-state index in [0.29, 0.717) is 17.8 Å². The third-order valence-electron chi connectivity index (χ3n) is 1.61. The Morgan fingerprint density at radius 1 is 1.07 bits per heavy atom. The number of ketones is 1. The summed E-state index contributed by atoms with van der Waals surface area (Å²) in [6.07, 6.45) is 0.322. The van der Waals surface area contributed by atoms with Crippen molar-refractivity contribution in [2.45, 2.75) is 48.0 Å². The molecule has 0 aromatic heterocycles. The number of Topliss-reactive ketones (excluding diaryl/α,β-unsaturated/α-hetero) is 1. The molecule has 3 heteroatoms. The normalized spacial score (nSPS) is 10.7. The maximum atomic E-state index is 10.8. The summed E-state index contributed by atoms with van der Waals surface area (Å²) in [6.45, 7) is 10.4. The zero-order valence-corrected chi connectivity index (χ0v) is 9.93. The van der Waals surface area contributed by atoms with Crippen molar-refractivity contribution in [3.05, 3.63) is 11.3 Å². The van der Waals surface area contributed by atoms with Crippen LogP contribution in [0, 0.1) is 0 Å². The molecule has 0 atom stereocenters. The highest BCUT2D eigenvalue weighted by Crippen LogP contribution is 2.06. The number of carbonyl (C=O) groups excluding carboxylic acids is 2. The first-order chi connectivity index (χ1) is 6.49. The third kappa shape index (κ3) is 6.40. The number of hydrogen-bond acceptors (Lipinski definition) is 3. The van der Waals surface area contributed by atoms with E-state index >= 15 is 0 Å². The molecule has 14 heavy (non-hydrogen) atoms. The van der Waals surface area contributed by atoms with Crippen LogP contribution in [0.4, 0.5) is 0 Å². The van der Waals surface area contributed by atoms with Crippen LogP contribution < -0.4 is 0 Å². The average molecular weight is 200 g/mol. The van der Waals surface area contributed by atoms with Crippen LogP contribution in [-0.4, -0.2) is 11.8 Å². The Morgan fingerprint density at radius 2 is 1.50 bits per heavy atom. The summed E-state index contributed by atoms with van der Waals surface area (Å²) in [5.74, 6) is 0.0128. The van der Waals surface area contributed by atoms with E-state index in [1.165, 1.54) is 6.92 Å². The number of ether oxygens (including phenoxy) is 1. The highest BCUT2D eigenvalue weighted by atomic mass is 16.5. The van der Waals surface area contributed by atoms with Gasteiger partial charge in [-0.3, -0.25) is 9.59 Å². The van der Waals surface area contributed by atoms with E-state index in [2.05, 4.69) is 0 Å². The van der Waals surface area contributed by atoms with Crippen LogP contribution in [0.5, 0.6) is 0 Å². The number of esters is 1. The van der Waals surface area contributed by atoms with Crippen LogP contribution in [0.1, 0.15) is 48.0 Å². The first-order valence-electron chi connectivity index (χ1n) is 4.88. The van der Waals surface area contributed by atoms with E-state index in [4.69, 9.17) is 4.74 Å². The third-order valence-corrected chi connectivity index (χ3v) is 1.61. The van der Waals surface area contributed by atoms with Crippen molar-refractivity contribution in [2.75, 3.05) is 0 Å². The summed E-state index contributed by atoms with van der Waals surface area (Å²) in [6, 6.07) is 0. The molecule has 0 aromatic rings. The summed E-state index contributed by atoms with van der Waals surface area (Å²) < 4.78 is 4.84. The van der Waals surface area contributed by atoms with E-state index in [-0.39, 0.29) is 11.8 Å². The van der Waals surface area contributed by atoms with Gasteiger partial charge in [-0.15, -0.1) is 0 Å². The predicted octanol–water partition coefficient (Wildman–Crippen LogP) is 2.85. The molecule has 0 fully saturated rings. The molecule has 0 spiro atoms. The second-order valence-electron chi connectivity index (χ2n) is 2.56. The number of carbonyl (C=O) groups is 2. The molecule has 0 bridgehead atoms. The largest absolute Gasteiger partial charge is 0.431 e. The fourth-order valence-electron chi connectivity index (χ4n) is 0.567. The first kappa shape index (κ1) is 15.4. The molecule has 0 aliphatic carbocycles. The molecule has 82 valence electrons. The van der Waals surface area contributed by atoms with Gasteiger partial charge in [0.1, 0.15) is 5.76 Å². The monoisotopic (exact) mass is 200 g/mol. The van der Waals surface area contributed by atoms with Crippen LogP contribution in [0.2, 0.25) is 0 Å². The zero-order chi connectivity index (χ0) is 11.7. The van der Waals surface area contributed by atoms with Gasteiger partial charge in [0.25, 0.3) is 0 Å². The standard InChI is InChI=1S/C9H14O3.C2H6/c1-5-9(11)12-8(4)6(2)7(3)10;1-2/h5H2,1-4H3;1-2H3/b8-6-;. The predicted molar refractivity (Wildman–Crippen MR) is 56.8 cm³/mol. The summed E-state index contributed by atoms with van der Waals surface area (Å²) in [5, 5.41) is 0. The average Bonchev–Trinajstić information content (AvgIpc) is 2.19. The summed E-state index contributed by atoms with van der Waals surface area (Å²) in [5.41, 5.74) is 0.497. The van der Waals surface area contributed by atoms with Crippen LogP contribution in [0.25, 0.3) is 0 Å². The Bertz CT molecular complexity index is 227. The van der Waals surface area contributed by atoms with Gasteiger partial charge < -0.3 is 4.74 Å². The lowest BCUT2D eigenvalue weighted by Gasteiger charge is -2.04. The van der Waals surface area contributed by atoms with Crippen molar-refractivity contribution < 1.29 is 14.3 Å². The lowest BCUT2D eigenvalue weighted by molar-refractivity contribution is -0.139. The van der Waals surface area contributed by atoms with Gasteiger partial charge in [0.05, 0.1) is 0 Å². The second-order valence-corrected chi connectivity index (χ2v) is 2.56. The Labute approximate surface area is 86.1 Å². The van der Waals surface area contributed by atoms with Gasteiger partial charge in [-0.1, -0.05) is 20.8 Å². The molecule has 0 saturated carbocycles. The van der Waals surface area contributed by atoms with Gasteiger partial charge in [-0.25, -0.2) is 0 Å². The van der Waals surface area contributed by atoms with Crippen LogP contribution in [0.3, 0.4) is 0 Å². The Kier molecular flexibility index (Phi) is 9.30. The van der Waals surface area contributed by atoms with Gasteiger partial charge in [0.2, 0.25) is 0 Å². The van der Waals surface area contributed by atoms with E-state index in [1.807, 2.05) is 13.8 Å². The van der Waals surface area contributed by atoms with Crippen molar-refractivity contribution in [1.82, 2.24) is 0 Å². The molecule has 0 N–H and O–H groups in total. The second kappa shape index (κ2) is 8.48. The molecule has 3 nitrogen and oxygen atoms in total. The van der Waals surface area contributed by atoms with Crippen molar-refractivity contribution in [3.8, 4) is 0 Å². The van der Waals surface area contributed by atoms with Crippen molar-refractivity contribution in [3.63, 3.8) is 0 Å². The molecular formula is C11H20O3. The van der Waals surface area contributed by atoms with Gasteiger partial charge in [0.15, 0.2) is 5.78 Å². The number of hydrogen-bond donors (Lipinski definition) is 0. The Balaban J connectivity index is 0. The van der Waals surface area contributed by atoms with Crippen LogP contribution in [0.15, 0.2) is 11.3 Å².